The normalized spacial score (nSPS) is 19.1. The minimum Gasteiger partial charge on any atom is -0.458 e. The van der Waals surface area contributed by atoms with E-state index in [1.54, 1.807) is 18.7 Å². The Morgan fingerprint density at radius 2 is 1.95 bits per heavy atom. The highest BCUT2D eigenvalue weighted by molar-refractivity contribution is 5.95. The molecule has 6 nitrogen and oxygen atoms in total. The molecular weight excluding hydrogens is 284 g/mol. The van der Waals surface area contributed by atoms with Gasteiger partial charge in [-0.25, -0.2) is 9.78 Å². The number of carbonyl (C=O) groups excluding carboxylic acids is 2. The van der Waals surface area contributed by atoms with Gasteiger partial charge in [0, 0.05) is 13.5 Å². The van der Waals surface area contributed by atoms with E-state index in [4.69, 9.17) is 9.15 Å². The molecule has 122 valence electrons. The van der Waals surface area contributed by atoms with Crippen LogP contribution in [-0.4, -0.2) is 39.9 Å². The molecule has 1 atom stereocenters. The number of likely N-dealkylation sites (tertiary alicyclic amines) is 1. The molecule has 0 bridgehead atoms. The van der Waals surface area contributed by atoms with Crippen molar-refractivity contribution >= 4 is 11.9 Å². The van der Waals surface area contributed by atoms with Gasteiger partial charge >= 0.3 is 5.97 Å². The van der Waals surface area contributed by atoms with Gasteiger partial charge in [-0.05, 0) is 47.0 Å². The van der Waals surface area contributed by atoms with Crippen molar-refractivity contribution in [2.45, 2.75) is 65.5 Å². The summed E-state index contributed by atoms with van der Waals surface area (Å²) in [6, 6.07) is -0.551. The molecule has 1 saturated heterocycles. The van der Waals surface area contributed by atoms with E-state index in [0.717, 1.165) is 12.8 Å². The Kier molecular flexibility index (Phi) is 4.58. The first-order chi connectivity index (χ1) is 10.2. The molecule has 1 aliphatic heterocycles. The zero-order valence-corrected chi connectivity index (χ0v) is 13.9. The fraction of sp³-hybridized carbons (Fsp3) is 0.688. The van der Waals surface area contributed by atoms with Gasteiger partial charge < -0.3 is 14.1 Å². The summed E-state index contributed by atoms with van der Waals surface area (Å²) in [5.41, 5.74) is -0.0156. The third kappa shape index (κ3) is 3.67. The minimum absolute atomic E-state index is 0.216. The van der Waals surface area contributed by atoms with Crippen molar-refractivity contribution in [2.75, 3.05) is 6.54 Å². The molecule has 0 spiro atoms. The molecule has 1 fully saturated rings. The Bertz CT molecular complexity index is 571. The second kappa shape index (κ2) is 6.10. The zero-order valence-electron chi connectivity index (χ0n) is 13.9. The molecule has 0 unspecified atom stereocenters. The number of hydrogen-bond donors (Lipinski definition) is 0. The standard InChI is InChI=1S/C16H24N2O4/c1-10-13(21-11(2)17-10)14(19)18-9-7-6-8-12(18)15(20)22-16(3,4)5/h12H,6-9H2,1-5H3/t12-/m1/s1. The first-order valence-electron chi connectivity index (χ1n) is 7.67. The summed E-state index contributed by atoms with van der Waals surface area (Å²) in [4.78, 5) is 30.8. The number of nitrogens with zero attached hydrogens (tertiary/aromatic N) is 2. The number of amides is 1. The number of hydrogen-bond acceptors (Lipinski definition) is 5. The van der Waals surface area contributed by atoms with Crippen LogP contribution >= 0.6 is 0 Å². The molecule has 0 N–H and O–H groups in total. The summed E-state index contributed by atoms with van der Waals surface area (Å²) in [6.45, 7) is 9.43. The Hall–Kier alpha value is -1.85. The van der Waals surface area contributed by atoms with Crippen molar-refractivity contribution in [1.82, 2.24) is 9.88 Å². The topological polar surface area (TPSA) is 72.6 Å². The van der Waals surface area contributed by atoms with E-state index in [1.807, 2.05) is 20.8 Å². The van der Waals surface area contributed by atoms with Crippen LogP contribution in [0.4, 0.5) is 0 Å². The lowest BCUT2D eigenvalue weighted by molar-refractivity contribution is -0.161. The van der Waals surface area contributed by atoms with Gasteiger partial charge in [-0.3, -0.25) is 4.79 Å². The van der Waals surface area contributed by atoms with E-state index in [-0.39, 0.29) is 17.6 Å². The minimum atomic E-state index is -0.567. The van der Waals surface area contributed by atoms with Crippen LogP contribution in [-0.2, 0) is 9.53 Å². The Labute approximate surface area is 130 Å². The molecule has 1 amide bonds. The summed E-state index contributed by atoms with van der Waals surface area (Å²) in [7, 11) is 0. The number of esters is 1. The van der Waals surface area contributed by atoms with Crippen LogP contribution in [0.5, 0.6) is 0 Å². The van der Waals surface area contributed by atoms with Gasteiger partial charge in [-0.2, -0.15) is 0 Å². The number of aromatic nitrogens is 1. The maximum atomic E-state index is 12.7. The van der Waals surface area contributed by atoms with Crippen molar-refractivity contribution in [2.24, 2.45) is 0 Å². The number of oxazole rings is 1. The van der Waals surface area contributed by atoms with Crippen molar-refractivity contribution in [3.05, 3.63) is 17.3 Å². The fourth-order valence-electron chi connectivity index (χ4n) is 2.65. The predicted molar refractivity (Wildman–Crippen MR) is 80.5 cm³/mol. The molecule has 22 heavy (non-hydrogen) atoms. The molecule has 1 aromatic heterocycles. The second-order valence-corrected chi connectivity index (χ2v) is 6.69. The summed E-state index contributed by atoms with van der Waals surface area (Å²) in [6.07, 6.45) is 2.39. The number of carbonyl (C=O) groups is 2. The molecule has 0 saturated carbocycles. The molecule has 1 aromatic rings. The third-order valence-corrected chi connectivity index (χ3v) is 3.54. The van der Waals surface area contributed by atoms with Crippen LogP contribution in [0, 0.1) is 13.8 Å². The molecule has 2 heterocycles. The van der Waals surface area contributed by atoms with Gasteiger partial charge in [0.25, 0.3) is 5.91 Å². The van der Waals surface area contributed by atoms with E-state index in [9.17, 15) is 9.59 Å². The van der Waals surface area contributed by atoms with Gasteiger partial charge in [0.2, 0.25) is 5.76 Å². The van der Waals surface area contributed by atoms with E-state index in [1.165, 1.54) is 0 Å². The van der Waals surface area contributed by atoms with Crippen LogP contribution in [0.25, 0.3) is 0 Å². The molecule has 0 aromatic carbocycles. The van der Waals surface area contributed by atoms with Crippen molar-refractivity contribution in [3.8, 4) is 0 Å². The first-order valence-corrected chi connectivity index (χ1v) is 7.67. The van der Waals surface area contributed by atoms with Gasteiger partial charge in [0.15, 0.2) is 5.89 Å². The second-order valence-electron chi connectivity index (χ2n) is 6.69. The summed E-state index contributed by atoms with van der Waals surface area (Å²) in [5.74, 6) is 0.0303. The highest BCUT2D eigenvalue weighted by Crippen LogP contribution is 2.24. The van der Waals surface area contributed by atoms with Gasteiger partial charge in [-0.15, -0.1) is 0 Å². The summed E-state index contributed by atoms with van der Waals surface area (Å²) < 4.78 is 10.9. The highest BCUT2D eigenvalue weighted by atomic mass is 16.6. The lowest BCUT2D eigenvalue weighted by atomic mass is 10.0. The summed E-state index contributed by atoms with van der Waals surface area (Å²) in [5, 5.41) is 0. The van der Waals surface area contributed by atoms with E-state index >= 15 is 0 Å². The Balaban J connectivity index is 2.21. The first kappa shape index (κ1) is 16.5. The van der Waals surface area contributed by atoms with E-state index in [0.29, 0.717) is 24.6 Å². The van der Waals surface area contributed by atoms with E-state index in [2.05, 4.69) is 4.98 Å². The lowest BCUT2D eigenvalue weighted by Crippen LogP contribution is -2.50. The Morgan fingerprint density at radius 1 is 1.27 bits per heavy atom. The lowest BCUT2D eigenvalue weighted by Gasteiger charge is -2.35. The highest BCUT2D eigenvalue weighted by Gasteiger charge is 2.37. The molecule has 6 heteroatoms. The largest absolute Gasteiger partial charge is 0.458 e. The quantitative estimate of drug-likeness (QED) is 0.785. The number of rotatable bonds is 2. The number of piperidine rings is 1. The SMILES string of the molecule is Cc1nc(C)c(C(=O)N2CCCC[C@@H]2C(=O)OC(C)(C)C)o1. The van der Waals surface area contributed by atoms with Crippen molar-refractivity contribution < 1.29 is 18.7 Å². The number of ether oxygens (including phenoxy) is 1. The van der Waals surface area contributed by atoms with Gasteiger partial charge in [0.05, 0.1) is 5.69 Å². The van der Waals surface area contributed by atoms with Gasteiger partial charge in [0.1, 0.15) is 11.6 Å². The van der Waals surface area contributed by atoms with E-state index < -0.39 is 11.6 Å². The molecule has 0 radical (unpaired) electrons. The average molecular weight is 308 g/mol. The van der Waals surface area contributed by atoms with Crippen LogP contribution in [0.1, 0.15) is 62.2 Å². The van der Waals surface area contributed by atoms with Crippen LogP contribution in [0.15, 0.2) is 4.42 Å². The Morgan fingerprint density at radius 3 is 2.50 bits per heavy atom. The molecule has 1 aliphatic rings. The number of aryl methyl sites for hydroxylation is 2. The van der Waals surface area contributed by atoms with Gasteiger partial charge in [-0.1, -0.05) is 0 Å². The fourth-order valence-corrected chi connectivity index (χ4v) is 2.65. The molecule has 0 aliphatic carbocycles. The van der Waals surface area contributed by atoms with Crippen molar-refractivity contribution in [1.29, 1.82) is 0 Å². The molecule has 2 rings (SSSR count). The maximum absolute atomic E-state index is 12.7. The molecular formula is C16H24N2O4. The van der Waals surface area contributed by atoms with Crippen molar-refractivity contribution in [3.63, 3.8) is 0 Å². The third-order valence-electron chi connectivity index (χ3n) is 3.54. The van der Waals surface area contributed by atoms with Crippen LogP contribution in [0.2, 0.25) is 0 Å². The summed E-state index contributed by atoms with van der Waals surface area (Å²) >= 11 is 0. The maximum Gasteiger partial charge on any atom is 0.329 e. The monoisotopic (exact) mass is 308 g/mol. The van der Waals surface area contributed by atoms with Crippen LogP contribution < -0.4 is 0 Å². The van der Waals surface area contributed by atoms with Crippen LogP contribution in [0.3, 0.4) is 0 Å². The zero-order chi connectivity index (χ0) is 16.5. The smallest absolute Gasteiger partial charge is 0.329 e. The predicted octanol–water partition coefficient (Wildman–Crippen LogP) is 2.63. The average Bonchev–Trinajstić information content (AvgIpc) is 2.75.